The summed E-state index contributed by atoms with van der Waals surface area (Å²) in [6.45, 7) is 0.694. The van der Waals surface area contributed by atoms with Crippen LogP contribution in [0.4, 0.5) is 0 Å². The van der Waals surface area contributed by atoms with E-state index in [1.807, 2.05) is 30.3 Å². The van der Waals surface area contributed by atoms with Crippen molar-refractivity contribution in [1.82, 2.24) is 9.78 Å². The molecule has 116 valence electrons. The van der Waals surface area contributed by atoms with Crippen LogP contribution < -0.4 is 5.56 Å². The maximum Gasteiger partial charge on any atom is 0.303 e. The van der Waals surface area contributed by atoms with Gasteiger partial charge in [-0.2, -0.15) is 5.10 Å². The van der Waals surface area contributed by atoms with Crippen LogP contribution in [-0.2, 0) is 22.5 Å². The van der Waals surface area contributed by atoms with Crippen molar-refractivity contribution in [3.05, 3.63) is 52.3 Å². The number of benzene rings is 1. The van der Waals surface area contributed by atoms with E-state index in [2.05, 4.69) is 5.10 Å². The number of methoxy groups -OCH3 is 1. The molecule has 2 rings (SSSR count). The van der Waals surface area contributed by atoms with Gasteiger partial charge < -0.3 is 9.84 Å². The second-order valence-corrected chi connectivity index (χ2v) is 4.84. The fourth-order valence-corrected chi connectivity index (χ4v) is 2.10. The summed E-state index contributed by atoms with van der Waals surface area (Å²) < 4.78 is 6.33. The summed E-state index contributed by atoms with van der Waals surface area (Å²) in [6.07, 6.45) is 0.0985. The molecule has 2 aromatic rings. The molecular weight excluding hydrogens is 284 g/mol. The van der Waals surface area contributed by atoms with Crippen LogP contribution in [0.1, 0.15) is 12.0 Å². The number of carbonyl (C=O) groups is 1. The molecule has 0 aliphatic carbocycles. The Balaban J connectivity index is 2.43. The number of ether oxygens (including phenoxy) is 1. The monoisotopic (exact) mass is 302 g/mol. The van der Waals surface area contributed by atoms with Gasteiger partial charge in [0.05, 0.1) is 18.8 Å². The SMILES string of the molecule is COCCn1nc(-c2ccccc2)cc(CCC(=O)O)c1=O. The predicted molar refractivity (Wildman–Crippen MR) is 81.8 cm³/mol. The van der Waals surface area contributed by atoms with Gasteiger partial charge in [0.25, 0.3) is 5.56 Å². The largest absolute Gasteiger partial charge is 0.481 e. The van der Waals surface area contributed by atoms with E-state index in [9.17, 15) is 9.59 Å². The summed E-state index contributed by atoms with van der Waals surface area (Å²) in [7, 11) is 1.55. The Bertz CT molecular complexity index is 695. The van der Waals surface area contributed by atoms with Crippen molar-refractivity contribution in [2.24, 2.45) is 0 Å². The van der Waals surface area contributed by atoms with Crippen molar-refractivity contribution in [3.8, 4) is 11.3 Å². The molecule has 0 bridgehead atoms. The molecule has 0 atom stereocenters. The van der Waals surface area contributed by atoms with Gasteiger partial charge in [0.1, 0.15) is 0 Å². The van der Waals surface area contributed by atoms with Gasteiger partial charge in [-0.3, -0.25) is 9.59 Å². The maximum absolute atomic E-state index is 12.3. The minimum atomic E-state index is -0.930. The summed E-state index contributed by atoms with van der Waals surface area (Å²) in [5, 5.41) is 13.2. The second-order valence-electron chi connectivity index (χ2n) is 4.84. The quantitative estimate of drug-likeness (QED) is 0.839. The number of nitrogens with zero attached hydrogens (tertiary/aromatic N) is 2. The number of aliphatic carboxylic acids is 1. The minimum absolute atomic E-state index is 0.0856. The zero-order valence-electron chi connectivity index (χ0n) is 12.4. The summed E-state index contributed by atoms with van der Waals surface area (Å²) in [5.74, 6) is -0.930. The fraction of sp³-hybridized carbons (Fsp3) is 0.312. The van der Waals surface area contributed by atoms with Crippen molar-refractivity contribution in [2.45, 2.75) is 19.4 Å². The van der Waals surface area contributed by atoms with Crippen molar-refractivity contribution in [1.29, 1.82) is 0 Å². The Kier molecular flexibility index (Phi) is 5.43. The molecule has 0 aliphatic rings. The Labute approximate surface area is 128 Å². The van der Waals surface area contributed by atoms with Crippen LogP contribution in [0.3, 0.4) is 0 Å². The molecule has 0 amide bonds. The number of hydrogen-bond donors (Lipinski definition) is 1. The lowest BCUT2D eigenvalue weighted by Crippen LogP contribution is -2.28. The van der Waals surface area contributed by atoms with Crippen LogP contribution in [0.5, 0.6) is 0 Å². The van der Waals surface area contributed by atoms with Crippen molar-refractivity contribution >= 4 is 5.97 Å². The van der Waals surface area contributed by atoms with Crippen molar-refractivity contribution < 1.29 is 14.6 Å². The van der Waals surface area contributed by atoms with E-state index in [-0.39, 0.29) is 18.4 Å². The fourth-order valence-electron chi connectivity index (χ4n) is 2.10. The zero-order valence-corrected chi connectivity index (χ0v) is 12.4. The predicted octanol–water partition coefficient (Wildman–Crippen LogP) is 1.57. The normalized spacial score (nSPS) is 10.6. The summed E-state index contributed by atoms with van der Waals surface area (Å²) in [5.41, 5.74) is 1.72. The first kappa shape index (κ1) is 15.9. The molecule has 0 spiro atoms. The molecule has 1 N–H and O–H groups in total. The third kappa shape index (κ3) is 4.02. The molecule has 1 aromatic heterocycles. The van der Waals surface area contributed by atoms with E-state index in [1.165, 1.54) is 4.68 Å². The highest BCUT2D eigenvalue weighted by atomic mass is 16.5. The van der Waals surface area contributed by atoms with E-state index in [0.717, 1.165) is 5.56 Å². The number of hydrogen-bond acceptors (Lipinski definition) is 4. The van der Waals surface area contributed by atoms with Crippen molar-refractivity contribution in [2.75, 3.05) is 13.7 Å². The van der Waals surface area contributed by atoms with Gasteiger partial charge >= 0.3 is 5.97 Å². The lowest BCUT2D eigenvalue weighted by Gasteiger charge is -2.10. The van der Waals surface area contributed by atoms with Gasteiger partial charge in [-0.25, -0.2) is 4.68 Å². The molecule has 0 fully saturated rings. The second kappa shape index (κ2) is 7.51. The van der Waals surface area contributed by atoms with Gasteiger partial charge in [0.2, 0.25) is 0 Å². The average Bonchev–Trinajstić information content (AvgIpc) is 2.53. The highest BCUT2D eigenvalue weighted by Gasteiger charge is 2.11. The van der Waals surface area contributed by atoms with E-state index < -0.39 is 5.97 Å². The minimum Gasteiger partial charge on any atom is -0.481 e. The topological polar surface area (TPSA) is 81.4 Å². The van der Waals surface area contributed by atoms with Crippen LogP contribution in [0.15, 0.2) is 41.2 Å². The molecule has 0 aliphatic heterocycles. The highest BCUT2D eigenvalue weighted by Crippen LogP contribution is 2.16. The van der Waals surface area contributed by atoms with Gasteiger partial charge in [0, 0.05) is 24.7 Å². The number of carboxylic acid groups (broad SMARTS) is 1. The first-order valence-electron chi connectivity index (χ1n) is 6.99. The maximum atomic E-state index is 12.3. The Morgan fingerprint density at radius 1 is 1.32 bits per heavy atom. The smallest absolute Gasteiger partial charge is 0.303 e. The van der Waals surface area contributed by atoms with Gasteiger partial charge in [0.15, 0.2) is 0 Å². The lowest BCUT2D eigenvalue weighted by atomic mass is 10.1. The van der Waals surface area contributed by atoms with Crippen LogP contribution in [0.25, 0.3) is 11.3 Å². The van der Waals surface area contributed by atoms with E-state index in [0.29, 0.717) is 24.4 Å². The molecular formula is C16H18N2O4. The van der Waals surface area contributed by atoms with Crippen LogP contribution in [-0.4, -0.2) is 34.6 Å². The Morgan fingerprint density at radius 2 is 2.05 bits per heavy atom. The van der Waals surface area contributed by atoms with Gasteiger partial charge in [-0.15, -0.1) is 0 Å². The van der Waals surface area contributed by atoms with Crippen molar-refractivity contribution in [3.63, 3.8) is 0 Å². The summed E-state index contributed by atoms with van der Waals surface area (Å²) >= 11 is 0. The van der Waals surface area contributed by atoms with E-state index >= 15 is 0 Å². The first-order valence-corrected chi connectivity index (χ1v) is 6.99. The standard InChI is InChI=1S/C16H18N2O4/c1-22-10-9-18-16(21)13(7-8-15(19)20)11-14(17-18)12-5-3-2-4-6-12/h2-6,11H,7-10H2,1H3,(H,19,20). The molecule has 0 radical (unpaired) electrons. The Hall–Kier alpha value is -2.47. The number of aryl methyl sites for hydroxylation is 1. The third-order valence-corrected chi connectivity index (χ3v) is 3.23. The van der Waals surface area contributed by atoms with E-state index in [1.54, 1.807) is 13.2 Å². The Morgan fingerprint density at radius 3 is 2.68 bits per heavy atom. The summed E-state index contributed by atoms with van der Waals surface area (Å²) in [6, 6.07) is 11.1. The van der Waals surface area contributed by atoms with Crippen LogP contribution in [0.2, 0.25) is 0 Å². The highest BCUT2D eigenvalue weighted by molar-refractivity contribution is 5.67. The zero-order chi connectivity index (χ0) is 15.9. The number of carboxylic acids is 1. The molecule has 0 unspecified atom stereocenters. The molecule has 1 heterocycles. The van der Waals surface area contributed by atoms with E-state index in [4.69, 9.17) is 9.84 Å². The lowest BCUT2D eigenvalue weighted by molar-refractivity contribution is -0.136. The molecule has 0 saturated heterocycles. The molecule has 6 nitrogen and oxygen atoms in total. The average molecular weight is 302 g/mol. The summed E-state index contributed by atoms with van der Waals surface area (Å²) in [4.78, 5) is 23.1. The van der Waals surface area contributed by atoms with Gasteiger partial charge in [-0.1, -0.05) is 30.3 Å². The van der Waals surface area contributed by atoms with Gasteiger partial charge in [-0.05, 0) is 12.5 Å². The number of rotatable bonds is 7. The third-order valence-electron chi connectivity index (χ3n) is 3.23. The molecule has 1 aromatic carbocycles. The van der Waals surface area contributed by atoms with Crippen LogP contribution >= 0.6 is 0 Å². The molecule has 0 saturated carbocycles. The molecule has 6 heteroatoms. The van der Waals surface area contributed by atoms with Crippen LogP contribution in [0, 0.1) is 0 Å². The first-order chi connectivity index (χ1) is 10.6. The number of aromatic nitrogens is 2. The molecule has 22 heavy (non-hydrogen) atoms.